The molecule has 1 aliphatic carbocycles. The number of aromatic nitrogens is 2. The molecule has 1 saturated carbocycles. The molecule has 0 aliphatic heterocycles. The van der Waals surface area contributed by atoms with Crippen molar-refractivity contribution in [3.63, 3.8) is 0 Å². The van der Waals surface area contributed by atoms with Crippen LogP contribution >= 0.6 is 11.6 Å². The number of hydrogen-bond acceptors (Lipinski definition) is 2. The van der Waals surface area contributed by atoms with E-state index in [4.69, 9.17) is 11.6 Å². The van der Waals surface area contributed by atoms with Crippen molar-refractivity contribution in [3.05, 3.63) is 16.9 Å². The Morgan fingerprint density at radius 3 is 2.89 bits per heavy atom. The topological polar surface area (TPSA) is 38.0 Å². The van der Waals surface area contributed by atoms with E-state index in [1.54, 1.807) is 6.20 Å². The van der Waals surface area contributed by atoms with E-state index >= 15 is 0 Å². The van der Waals surface area contributed by atoms with Crippen LogP contribution in [0.1, 0.15) is 64.7 Å². The van der Waals surface area contributed by atoms with E-state index in [2.05, 4.69) is 25.9 Å². The first-order valence-electron chi connectivity index (χ1n) is 7.36. The van der Waals surface area contributed by atoms with Crippen LogP contribution < -0.4 is 0 Å². The van der Waals surface area contributed by atoms with Gasteiger partial charge >= 0.3 is 0 Å². The molecule has 0 radical (unpaired) electrons. The quantitative estimate of drug-likeness (QED) is 0.900. The third-order valence-electron chi connectivity index (χ3n) is 4.52. The van der Waals surface area contributed by atoms with Crippen molar-refractivity contribution in [2.45, 2.75) is 65.5 Å². The Morgan fingerprint density at radius 2 is 2.26 bits per heavy atom. The van der Waals surface area contributed by atoms with Gasteiger partial charge in [-0.3, -0.25) is 4.68 Å². The molecule has 1 aromatic heterocycles. The summed E-state index contributed by atoms with van der Waals surface area (Å²) in [5.74, 6) is 0.269. The van der Waals surface area contributed by atoms with Gasteiger partial charge in [-0.05, 0) is 30.6 Å². The maximum absolute atomic E-state index is 10.8. The first-order valence-corrected chi connectivity index (χ1v) is 7.74. The second-order valence-electron chi connectivity index (χ2n) is 6.39. The van der Waals surface area contributed by atoms with Crippen LogP contribution in [0, 0.1) is 11.3 Å². The summed E-state index contributed by atoms with van der Waals surface area (Å²) in [7, 11) is 0. The lowest BCUT2D eigenvalue weighted by molar-refractivity contribution is -0.00103. The monoisotopic (exact) mass is 284 g/mol. The minimum Gasteiger partial charge on any atom is -0.386 e. The van der Waals surface area contributed by atoms with E-state index in [9.17, 15) is 5.11 Å². The lowest BCUT2D eigenvalue weighted by atomic mass is 9.66. The molecule has 1 heterocycles. The van der Waals surface area contributed by atoms with Gasteiger partial charge < -0.3 is 5.11 Å². The van der Waals surface area contributed by atoms with Crippen LogP contribution in [0.15, 0.2) is 6.20 Å². The van der Waals surface area contributed by atoms with E-state index in [-0.39, 0.29) is 11.3 Å². The smallest absolute Gasteiger partial charge is 0.100 e. The van der Waals surface area contributed by atoms with Gasteiger partial charge in [-0.15, -0.1) is 0 Å². The summed E-state index contributed by atoms with van der Waals surface area (Å²) in [4.78, 5) is 0. The fraction of sp³-hybridized carbons (Fsp3) is 0.800. The van der Waals surface area contributed by atoms with Gasteiger partial charge in [0.1, 0.15) is 6.10 Å². The second-order valence-corrected chi connectivity index (χ2v) is 6.79. The fourth-order valence-electron chi connectivity index (χ4n) is 3.35. The Morgan fingerprint density at radius 1 is 1.53 bits per heavy atom. The highest BCUT2D eigenvalue weighted by molar-refractivity contribution is 6.31. The highest BCUT2D eigenvalue weighted by Gasteiger charge is 2.39. The largest absolute Gasteiger partial charge is 0.386 e. The predicted octanol–water partition coefficient (Wildman–Crippen LogP) is 4.20. The van der Waals surface area contributed by atoms with Gasteiger partial charge in [0.05, 0.1) is 16.9 Å². The van der Waals surface area contributed by atoms with Crippen molar-refractivity contribution in [1.29, 1.82) is 0 Å². The number of halogens is 1. The lowest BCUT2D eigenvalue weighted by Crippen LogP contribution is -2.33. The predicted molar refractivity (Wildman–Crippen MR) is 78.2 cm³/mol. The lowest BCUT2D eigenvalue weighted by Gasteiger charge is -2.41. The molecule has 2 unspecified atom stereocenters. The van der Waals surface area contributed by atoms with Crippen molar-refractivity contribution >= 4 is 11.6 Å². The average Bonchev–Trinajstić information content (AvgIpc) is 2.70. The Bertz CT molecular complexity index is 428. The summed E-state index contributed by atoms with van der Waals surface area (Å²) in [6.45, 7) is 7.44. The molecule has 1 N–H and O–H groups in total. The minimum atomic E-state index is -0.503. The van der Waals surface area contributed by atoms with Gasteiger partial charge in [-0.1, -0.05) is 45.2 Å². The molecular formula is C15H25ClN2O. The van der Waals surface area contributed by atoms with Crippen molar-refractivity contribution in [1.82, 2.24) is 9.78 Å². The van der Waals surface area contributed by atoms with E-state index in [1.165, 1.54) is 19.3 Å². The SMILES string of the molecule is CCCn1ncc(Cl)c1C(O)C1CCCCC1(C)C. The molecule has 4 heteroatoms. The summed E-state index contributed by atoms with van der Waals surface area (Å²) in [6, 6.07) is 0. The van der Waals surface area contributed by atoms with Crippen LogP contribution in [0.4, 0.5) is 0 Å². The van der Waals surface area contributed by atoms with Crippen molar-refractivity contribution in [2.75, 3.05) is 0 Å². The number of hydrogen-bond donors (Lipinski definition) is 1. The molecular weight excluding hydrogens is 260 g/mol. The summed E-state index contributed by atoms with van der Waals surface area (Å²) in [5, 5.41) is 15.7. The maximum Gasteiger partial charge on any atom is 0.100 e. The maximum atomic E-state index is 10.8. The number of aliphatic hydroxyl groups is 1. The fourth-order valence-corrected chi connectivity index (χ4v) is 3.61. The molecule has 0 spiro atoms. The second kappa shape index (κ2) is 5.84. The van der Waals surface area contributed by atoms with Crippen LogP contribution in [-0.2, 0) is 6.54 Å². The molecule has 1 aliphatic rings. The van der Waals surface area contributed by atoms with Crippen LogP contribution in [0.25, 0.3) is 0 Å². The molecule has 19 heavy (non-hydrogen) atoms. The van der Waals surface area contributed by atoms with E-state index < -0.39 is 6.10 Å². The first-order chi connectivity index (χ1) is 8.97. The molecule has 2 atom stereocenters. The number of rotatable bonds is 4. The molecule has 0 amide bonds. The molecule has 0 saturated heterocycles. The summed E-state index contributed by atoms with van der Waals surface area (Å²) in [6.07, 6.45) is 6.85. The van der Waals surface area contributed by atoms with Crippen molar-refractivity contribution in [3.8, 4) is 0 Å². The van der Waals surface area contributed by atoms with Gasteiger partial charge in [-0.2, -0.15) is 5.10 Å². The molecule has 0 aromatic carbocycles. The van der Waals surface area contributed by atoms with Gasteiger partial charge in [0.2, 0.25) is 0 Å². The highest BCUT2D eigenvalue weighted by Crippen LogP contribution is 2.47. The normalized spacial score (nSPS) is 24.4. The van der Waals surface area contributed by atoms with Crippen molar-refractivity contribution in [2.24, 2.45) is 11.3 Å². The van der Waals surface area contributed by atoms with Gasteiger partial charge in [-0.25, -0.2) is 0 Å². The van der Waals surface area contributed by atoms with Gasteiger partial charge in [0.15, 0.2) is 0 Å². The zero-order valence-electron chi connectivity index (χ0n) is 12.2. The highest BCUT2D eigenvalue weighted by atomic mass is 35.5. The van der Waals surface area contributed by atoms with Crippen LogP contribution in [0.2, 0.25) is 5.02 Å². The Balaban J connectivity index is 2.27. The summed E-state index contributed by atoms with van der Waals surface area (Å²) in [5.41, 5.74) is 0.978. The Labute approximate surface area is 121 Å². The number of nitrogens with zero attached hydrogens (tertiary/aromatic N) is 2. The Hall–Kier alpha value is -0.540. The molecule has 3 nitrogen and oxygen atoms in total. The van der Waals surface area contributed by atoms with Crippen LogP contribution in [-0.4, -0.2) is 14.9 Å². The number of aliphatic hydroxyl groups excluding tert-OH is 1. The van der Waals surface area contributed by atoms with Gasteiger partial charge in [0.25, 0.3) is 0 Å². The van der Waals surface area contributed by atoms with Crippen LogP contribution in [0.3, 0.4) is 0 Å². The van der Waals surface area contributed by atoms with E-state index in [0.29, 0.717) is 5.02 Å². The van der Waals surface area contributed by atoms with E-state index in [0.717, 1.165) is 25.1 Å². The van der Waals surface area contributed by atoms with Crippen LogP contribution in [0.5, 0.6) is 0 Å². The zero-order valence-corrected chi connectivity index (χ0v) is 13.0. The minimum absolute atomic E-state index is 0.169. The molecule has 2 rings (SSSR count). The van der Waals surface area contributed by atoms with Crippen molar-refractivity contribution < 1.29 is 5.11 Å². The average molecular weight is 285 g/mol. The molecule has 1 fully saturated rings. The summed E-state index contributed by atoms with van der Waals surface area (Å²) < 4.78 is 1.87. The zero-order chi connectivity index (χ0) is 14.0. The summed E-state index contributed by atoms with van der Waals surface area (Å²) >= 11 is 6.24. The Kier molecular flexibility index (Phi) is 4.57. The van der Waals surface area contributed by atoms with E-state index in [1.807, 2.05) is 4.68 Å². The number of aryl methyl sites for hydroxylation is 1. The molecule has 1 aromatic rings. The first kappa shape index (κ1) is 14.9. The third-order valence-corrected chi connectivity index (χ3v) is 4.81. The van der Waals surface area contributed by atoms with Gasteiger partial charge in [0, 0.05) is 6.54 Å². The third kappa shape index (κ3) is 2.97. The molecule has 108 valence electrons. The standard InChI is InChI=1S/C15H25ClN2O/c1-4-9-18-13(12(16)10-17-18)14(19)11-7-5-6-8-15(11,2)3/h10-11,14,19H,4-9H2,1-3H3. The molecule has 0 bridgehead atoms.